The number of halogens is 4. The van der Waals surface area contributed by atoms with Crippen LogP contribution in [-0.4, -0.2) is 4.98 Å². The van der Waals surface area contributed by atoms with Crippen LogP contribution >= 0.6 is 34.2 Å². The van der Waals surface area contributed by atoms with Gasteiger partial charge in [-0.2, -0.15) is 0 Å². The Kier molecular flexibility index (Phi) is 3.64. The first-order chi connectivity index (χ1) is 5.66. The second-order valence-electron chi connectivity index (χ2n) is 2.11. The molecule has 5 heteroatoms. The molecule has 1 rings (SSSR count). The van der Waals surface area contributed by atoms with Gasteiger partial charge in [0.25, 0.3) is 6.43 Å². The summed E-state index contributed by atoms with van der Waals surface area (Å²) in [5.41, 5.74) is 0.402. The summed E-state index contributed by atoms with van der Waals surface area (Å²) in [6, 6.07) is 1.51. The van der Waals surface area contributed by atoms with E-state index < -0.39 is 6.43 Å². The molecule has 0 aliphatic heterocycles. The van der Waals surface area contributed by atoms with E-state index in [1.165, 1.54) is 12.3 Å². The molecule has 0 aliphatic carbocycles. The predicted octanol–water partition coefficient (Wildman–Crippen LogP) is 3.36. The van der Waals surface area contributed by atoms with Gasteiger partial charge in [0.2, 0.25) is 0 Å². The average Bonchev–Trinajstić information content (AvgIpc) is 2.03. The van der Waals surface area contributed by atoms with Crippen molar-refractivity contribution in [3.05, 3.63) is 27.1 Å². The third-order valence-electron chi connectivity index (χ3n) is 1.39. The van der Waals surface area contributed by atoms with Crippen molar-refractivity contribution in [3.8, 4) is 0 Å². The molecule has 0 fully saturated rings. The zero-order valence-corrected chi connectivity index (χ0v) is 8.81. The first-order valence-electron chi connectivity index (χ1n) is 3.14. The number of rotatable bonds is 2. The van der Waals surface area contributed by atoms with Gasteiger partial charge in [0, 0.05) is 12.1 Å². The molecule has 0 spiro atoms. The maximum atomic E-state index is 12.4. The van der Waals surface area contributed by atoms with Crippen molar-refractivity contribution < 1.29 is 8.78 Å². The summed E-state index contributed by atoms with van der Waals surface area (Å²) in [7, 11) is 0. The Morgan fingerprint density at radius 2 is 2.25 bits per heavy atom. The van der Waals surface area contributed by atoms with Gasteiger partial charge in [-0.3, -0.25) is 0 Å². The lowest BCUT2D eigenvalue weighted by Gasteiger charge is -2.06. The van der Waals surface area contributed by atoms with Crippen molar-refractivity contribution in [1.82, 2.24) is 4.98 Å². The summed E-state index contributed by atoms with van der Waals surface area (Å²) in [5, 5.41) is 0. The van der Waals surface area contributed by atoms with Gasteiger partial charge in [-0.05, 0) is 34.2 Å². The van der Waals surface area contributed by atoms with Gasteiger partial charge in [-0.1, -0.05) is 0 Å². The lowest BCUT2D eigenvalue weighted by Crippen LogP contribution is -1.98. The number of hydrogen-bond donors (Lipinski definition) is 0. The number of aromatic nitrogens is 1. The van der Waals surface area contributed by atoms with Gasteiger partial charge >= 0.3 is 0 Å². The summed E-state index contributed by atoms with van der Waals surface area (Å²) >= 11 is 7.26. The van der Waals surface area contributed by atoms with Crippen molar-refractivity contribution in [2.75, 3.05) is 0 Å². The largest absolute Gasteiger partial charge is 0.266 e. The second-order valence-corrected chi connectivity index (χ2v) is 3.40. The highest BCUT2D eigenvalue weighted by Gasteiger charge is 2.16. The highest BCUT2D eigenvalue weighted by Crippen LogP contribution is 2.27. The van der Waals surface area contributed by atoms with Crippen LogP contribution < -0.4 is 0 Å². The summed E-state index contributed by atoms with van der Waals surface area (Å²) in [6.07, 6.45) is -1.02. The quantitative estimate of drug-likeness (QED) is 0.464. The minimum atomic E-state index is -2.50. The van der Waals surface area contributed by atoms with Crippen LogP contribution in [0.2, 0.25) is 0 Å². The first-order valence-corrected chi connectivity index (χ1v) is 4.75. The number of hydrogen-bond acceptors (Lipinski definition) is 1. The zero-order valence-electron chi connectivity index (χ0n) is 5.90. The van der Waals surface area contributed by atoms with Crippen LogP contribution in [0.1, 0.15) is 17.6 Å². The molecule has 0 bridgehead atoms. The molecule has 1 nitrogen and oxygen atoms in total. The predicted molar refractivity (Wildman–Crippen MR) is 51.5 cm³/mol. The summed E-state index contributed by atoms with van der Waals surface area (Å²) in [4.78, 5) is 3.76. The van der Waals surface area contributed by atoms with Crippen LogP contribution in [0.3, 0.4) is 0 Å². The summed E-state index contributed by atoms with van der Waals surface area (Å²) < 4.78 is 25.1. The molecule has 12 heavy (non-hydrogen) atoms. The van der Waals surface area contributed by atoms with Gasteiger partial charge < -0.3 is 0 Å². The van der Waals surface area contributed by atoms with Crippen molar-refractivity contribution in [1.29, 1.82) is 0 Å². The Labute approximate surface area is 87.3 Å². The molecule has 0 saturated heterocycles. The Hall–Kier alpha value is 0.0300. The molecule has 0 aliphatic rings. The van der Waals surface area contributed by atoms with Crippen LogP contribution in [0.5, 0.6) is 0 Å². The molecule has 0 saturated carbocycles. The number of nitrogens with zero attached hydrogens (tertiary/aromatic N) is 1. The van der Waals surface area contributed by atoms with E-state index in [-0.39, 0.29) is 11.4 Å². The highest BCUT2D eigenvalue weighted by molar-refractivity contribution is 14.1. The Morgan fingerprint density at radius 3 is 2.67 bits per heavy atom. The summed E-state index contributed by atoms with van der Waals surface area (Å²) in [6.45, 7) is 0. The van der Waals surface area contributed by atoms with E-state index in [9.17, 15) is 8.78 Å². The number of alkyl halides is 3. The molecular formula is C7H5ClF2IN. The highest BCUT2D eigenvalue weighted by atomic mass is 127. The molecule has 0 N–H and O–H groups in total. The molecule has 0 radical (unpaired) electrons. The second kappa shape index (κ2) is 4.32. The third-order valence-corrected chi connectivity index (χ3v) is 2.54. The molecule has 0 amide bonds. The van der Waals surface area contributed by atoms with E-state index in [0.29, 0.717) is 9.26 Å². The fourth-order valence-corrected chi connectivity index (χ4v) is 1.81. The summed E-state index contributed by atoms with van der Waals surface area (Å²) in [5.74, 6) is 0.0954. The van der Waals surface area contributed by atoms with Crippen LogP contribution in [0.4, 0.5) is 8.78 Å². The average molecular weight is 303 g/mol. The molecular weight excluding hydrogens is 298 g/mol. The maximum Gasteiger partial charge on any atom is 0.266 e. The fraction of sp³-hybridized carbons (Fsp3) is 0.286. The van der Waals surface area contributed by atoms with Crippen LogP contribution in [0, 0.1) is 3.70 Å². The molecule has 0 unspecified atom stereocenters. The Bertz CT molecular complexity index is 280. The van der Waals surface area contributed by atoms with E-state index in [1.54, 1.807) is 22.6 Å². The molecule has 0 atom stereocenters. The van der Waals surface area contributed by atoms with Crippen molar-refractivity contribution in [3.63, 3.8) is 0 Å². The monoisotopic (exact) mass is 303 g/mol. The van der Waals surface area contributed by atoms with Crippen LogP contribution in [0.25, 0.3) is 0 Å². The first kappa shape index (κ1) is 10.1. The van der Waals surface area contributed by atoms with E-state index in [0.717, 1.165) is 0 Å². The van der Waals surface area contributed by atoms with Crippen molar-refractivity contribution in [2.45, 2.75) is 12.3 Å². The number of pyridine rings is 1. The fourth-order valence-electron chi connectivity index (χ4n) is 0.831. The normalized spacial score (nSPS) is 10.8. The molecule has 1 heterocycles. The molecule has 66 valence electrons. The Balaban J connectivity index is 3.20. The van der Waals surface area contributed by atoms with Crippen molar-refractivity contribution in [2.24, 2.45) is 0 Å². The Morgan fingerprint density at radius 1 is 1.58 bits per heavy atom. The topological polar surface area (TPSA) is 12.9 Å². The smallest absolute Gasteiger partial charge is 0.250 e. The minimum absolute atomic E-state index is 0.0481. The van der Waals surface area contributed by atoms with Crippen molar-refractivity contribution >= 4 is 34.2 Å². The van der Waals surface area contributed by atoms with Gasteiger partial charge in [-0.25, -0.2) is 13.8 Å². The van der Waals surface area contributed by atoms with Gasteiger partial charge in [0.15, 0.2) is 0 Å². The van der Waals surface area contributed by atoms with Crippen LogP contribution in [0.15, 0.2) is 12.3 Å². The van der Waals surface area contributed by atoms with Crippen LogP contribution in [-0.2, 0) is 5.88 Å². The SMILES string of the molecule is FC(F)c1c(CCl)ccnc1I. The maximum absolute atomic E-state index is 12.4. The third kappa shape index (κ3) is 2.04. The molecule has 1 aromatic rings. The lowest BCUT2D eigenvalue weighted by molar-refractivity contribution is 0.149. The molecule has 0 aromatic carbocycles. The lowest BCUT2D eigenvalue weighted by atomic mass is 10.2. The van der Waals surface area contributed by atoms with E-state index in [1.807, 2.05) is 0 Å². The van der Waals surface area contributed by atoms with E-state index in [4.69, 9.17) is 11.6 Å². The minimum Gasteiger partial charge on any atom is -0.250 e. The van der Waals surface area contributed by atoms with E-state index in [2.05, 4.69) is 4.98 Å². The van der Waals surface area contributed by atoms with E-state index >= 15 is 0 Å². The van der Waals surface area contributed by atoms with Gasteiger partial charge in [0.1, 0.15) is 3.70 Å². The standard InChI is InChI=1S/C7H5ClF2IN/c8-3-4-1-2-12-7(11)5(4)6(9)10/h1-2,6H,3H2. The molecule has 1 aromatic heterocycles. The zero-order chi connectivity index (χ0) is 9.14. The van der Waals surface area contributed by atoms with Gasteiger partial charge in [0.05, 0.1) is 5.56 Å². The van der Waals surface area contributed by atoms with Gasteiger partial charge in [-0.15, -0.1) is 11.6 Å².